The highest BCUT2D eigenvalue weighted by molar-refractivity contribution is 7.16. The Morgan fingerprint density at radius 2 is 1.55 bits per heavy atom. The van der Waals surface area contributed by atoms with Gasteiger partial charge in [0.2, 0.25) is 0 Å². The van der Waals surface area contributed by atoms with E-state index >= 15 is 0 Å². The number of aryl methyl sites for hydroxylation is 1. The predicted molar refractivity (Wildman–Crippen MR) is 94.5 cm³/mol. The molecule has 0 amide bonds. The van der Waals surface area contributed by atoms with Gasteiger partial charge in [0.1, 0.15) is 0 Å². The van der Waals surface area contributed by atoms with Gasteiger partial charge in [-0.15, -0.1) is 22.9 Å². The second-order valence-corrected chi connectivity index (χ2v) is 7.90. The third-order valence-corrected chi connectivity index (χ3v) is 6.00. The van der Waals surface area contributed by atoms with E-state index in [4.69, 9.17) is 23.2 Å². The number of hydrogen-bond acceptors (Lipinski definition) is 1. The fourth-order valence-electron chi connectivity index (χ4n) is 2.41. The molecule has 0 saturated heterocycles. The van der Waals surface area contributed by atoms with Crippen LogP contribution in [-0.2, 0) is 0 Å². The molecule has 0 aliphatic carbocycles. The normalized spacial score (nSPS) is 12.8. The molecule has 0 aliphatic rings. The van der Waals surface area contributed by atoms with Gasteiger partial charge in [-0.25, -0.2) is 0 Å². The minimum atomic E-state index is 0.149. The van der Waals surface area contributed by atoms with Gasteiger partial charge in [-0.3, -0.25) is 0 Å². The molecule has 0 nitrogen and oxygen atoms in total. The molecule has 1 unspecified atom stereocenters. The molecule has 1 rings (SSSR count). The molecule has 1 aromatic rings. The largest absolute Gasteiger partial charge is 0.127 e. The maximum Gasteiger partial charge on any atom is 0.0960 e. The number of unbranched alkanes of at least 4 members (excludes halogenated alkanes) is 8. The Kier molecular flexibility index (Phi) is 10.0. The smallest absolute Gasteiger partial charge is 0.0960 e. The number of halogens is 2. The molecule has 0 spiro atoms. The maximum absolute atomic E-state index is 6.44. The van der Waals surface area contributed by atoms with Gasteiger partial charge in [0.25, 0.3) is 0 Å². The van der Waals surface area contributed by atoms with E-state index in [0.29, 0.717) is 0 Å². The van der Waals surface area contributed by atoms with Gasteiger partial charge in [-0.2, -0.15) is 0 Å². The lowest BCUT2D eigenvalue weighted by atomic mass is 10.1. The summed E-state index contributed by atoms with van der Waals surface area (Å²) in [5.41, 5.74) is 1.16. The van der Waals surface area contributed by atoms with Crippen LogP contribution in [0.4, 0.5) is 0 Å². The van der Waals surface area contributed by atoms with Crippen LogP contribution in [0, 0.1) is 6.92 Å². The van der Waals surface area contributed by atoms with Crippen molar-refractivity contribution in [1.29, 1.82) is 0 Å². The summed E-state index contributed by atoms with van der Waals surface area (Å²) in [5, 5.41) is 0.149. The Hall–Kier alpha value is 0.280. The van der Waals surface area contributed by atoms with Gasteiger partial charge in [-0.1, -0.05) is 76.3 Å². The van der Waals surface area contributed by atoms with Gasteiger partial charge in [0.15, 0.2) is 0 Å². The molecule has 1 aromatic heterocycles. The lowest BCUT2D eigenvalue weighted by Gasteiger charge is -2.07. The summed E-state index contributed by atoms with van der Waals surface area (Å²) >= 11 is 14.2. The summed E-state index contributed by atoms with van der Waals surface area (Å²) in [6.45, 7) is 4.31. The van der Waals surface area contributed by atoms with Crippen molar-refractivity contribution in [1.82, 2.24) is 0 Å². The summed E-state index contributed by atoms with van der Waals surface area (Å²) in [5.74, 6) is 0. The summed E-state index contributed by atoms with van der Waals surface area (Å²) < 4.78 is 0.887. The fourth-order valence-corrected chi connectivity index (χ4v) is 4.00. The van der Waals surface area contributed by atoms with E-state index in [9.17, 15) is 0 Å². The number of hydrogen-bond donors (Lipinski definition) is 0. The molecule has 0 aliphatic heterocycles. The van der Waals surface area contributed by atoms with Crippen molar-refractivity contribution in [2.45, 2.75) is 83.4 Å². The topological polar surface area (TPSA) is 0 Å². The molecule has 1 heterocycles. The second kappa shape index (κ2) is 10.9. The first-order chi connectivity index (χ1) is 9.65. The molecule has 3 heteroatoms. The molecule has 1 atom stereocenters. The van der Waals surface area contributed by atoms with E-state index < -0.39 is 0 Å². The van der Waals surface area contributed by atoms with Crippen molar-refractivity contribution in [2.75, 3.05) is 0 Å². The Bertz CT molecular complexity index is 340. The van der Waals surface area contributed by atoms with Crippen LogP contribution in [0.1, 0.15) is 86.9 Å². The van der Waals surface area contributed by atoms with E-state index in [1.165, 1.54) is 62.7 Å². The zero-order valence-corrected chi connectivity index (χ0v) is 15.2. The highest BCUT2D eigenvalue weighted by Gasteiger charge is 2.12. The zero-order chi connectivity index (χ0) is 14.8. The Labute approximate surface area is 138 Å². The van der Waals surface area contributed by atoms with E-state index in [2.05, 4.69) is 13.0 Å². The molecule has 0 bridgehead atoms. The van der Waals surface area contributed by atoms with E-state index in [-0.39, 0.29) is 5.38 Å². The SMILES string of the molecule is CCCCCCCCCCCC(Cl)c1cc(C)c(Cl)s1. The minimum absolute atomic E-state index is 0.149. The number of alkyl halides is 1. The average molecular weight is 335 g/mol. The third-order valence-electron chi connectivity index (χ3n) is 3.75. The van der Waals surface area contributed by atoms with Crippen molar-refractivity contribution in [3.05, 3.63) is 20.8 Å². The standard InChI is InChI=1S/C17H28Cl2S/c1-3-4-5-6-7-8-9-10-11-12-15(18)16-13-14(2)17(19)20-16/h13,15H,3-12H2,1-2H3. The van der Waals surface area contributed by atoms with Gasteiger partial charge in [0.05, 0.1) is 9.71 Å². The first-order valence-corrected chi connectivity index (χ1v) is 9.68. The third kappa shape index (κ3) is 7.33. The molecule has 0 aromatic carbocycles. The Balaban J connectivity index is 2.01. The van der Waals surface area contributed by atoms with Crippen molar-refractivity contribution in [3.63, 3.8) is 0 Å². The predicted octanol–water partition coefficient (Wildman–Crippen LogP) is 7.91. The summed E-state index contributed by atoms with van der Waals surface area (Å²) in [6.07, 6.45) is 13.3. The van der Waals surface area contributed by atoms with Crippen LogP contribution >= 0.6 is 34.5 Å². The molecule has 20 heavy (non-hydrogen) atoms. The van der Waals surface area contributed by atoms with Crippen LogP contribution in [0.5, 0.6) is 0 Å². The van der Waals surface area contributed by atoms with Crippen LogP contribution in [-0.4, -0.2) is 0 Å². The molecule has 0 N–H and O–H groups in total. The molecular weight excluding hydrogens is 307 g/mol. The Morgan fingerprint density at radius 3 is 2.05 bits per heavy atom. The lowest BCUT2D eigenvalue weighted by molar-refractivity contribution is 0.555. The lowest BCUT2D eigenvalue weighted by Crippen LogP contribution is -1.88. The van der Waals surface area contributed by atoms with Crippen molar-refractivity contribution < 1.29 is 0 Å². The van der Waals surface area contributed by atoms with E-state index in [1.807, 2.05) is 6.92 Å². The van der Waals surface area contributed by atoms with Crippen molar-refractivity contribution >= 4 is 34.5 Å². The summed E-state index contributed by atoms with van der Waals surface area (Å²) in [6, 6.07) is 2.14. The monoisotopic (exact) mass is 334 g/mol. The van der Waals surface area contributed by atoms with Crippen LogP contribution in [0.25, 0.3) is 0 Å². The average Bonchev–Trinajstić information content (AvgIpc) is 2.77. The zero-order valence-electron chi connectivity index (χ0n) is 12.9. The number of rotatable bonds is 11. The second-order valence-electron chi connectivity index (χ2n) is 5.69. The number of thiophene rings is 1. The summed E-state index contributed by atoms with van der Waals surface area (Å²) in [7, 11) is 0. The van der Waals surface area contributed by atoms with Gasteiger partial charge in [0, 0.05) is 4.88 Å². The summed E-state index contributed by atoms with van der Waals surface area (Å²) in [4.78, 5) is 1.23. The fraction of sp³-hybridized carbons (Fsp3) is 0.765. The quantitative estimate of drug-likeness (QED) is 0.285. The van der Waals surface area contributed by atoms with E-state index in [1.54, 1.807) is 11.3 Å². The highest BCUT2D eigenvalue weighted by Crippen LogP contribution is 2.36. The van der Waals surface area contributed by atoms with Gasteiger partial charge in [-0.05, 0) is 25.0 Å². The van der Waals surface area contributed by atoms with E-state index in [0.717, 1.165) is 16.3 Å². The van der Waals surface area contributed by atoms with Gasteiger partial charge < -0.3 is 0 Å². The first-order valence-electron chi connectivity index (χ1n) is 8.05. The molecule has 0 fully saturated rings. The molecule has 0 radical (unpaired) electrons. The first kappa shape index (κ1) is 18.3. The maximum atomic E-state index is 6.44. The molecular formula is C17H28Cl2S. The van der Waals surface area contributed by atoms with Crippen LogP contribution in [0.15, 0.2) is 6.07 Å². The van der Waals surface area contributed by atoms with Gasteiger partial charge >= 0.3 is 0 Å². The Morgan fingerprint density at radius 1 is 1.00 bits per heavy atom. The van der Waals surface area contributed by atoms with Crippen molar-refractivity contribution in [3.8, 4) is 0 Å². The minimum Gasteiger partial charge on any atom is -0.127 e. The van der Waals surface area contributed by atoms with Crippen LogP contribution in [0.2, 0.25) is 4.34 Å². The van der Waals surface area contributed by atoms with Crippen LogP contribution in [0.3, 0.4) is 0 Å². The van der Waals surface area contributed by atoms with Crippen LogP contribution < -0.4 is 0 Å². The highest BCUT2D eigenvalue weighted by atomic mass is 35.5. The van der Waals surface area contributed by atoms with Crippen molar-refractivity contribution in [2.24, 2.45) is 0 Å². The molecule has 0 saturated carbocycles. The molecule has 116 valence electrons.